The third kappa shape index (κ3) is 1.83. The van der Waals surface area contributed by atoms with E-state index in [9.17, 15) is 10.1 Å². The Hall–Kier alpha value is -2.94. The maximum atomic E-state index is 11.7. The van der Waals surface area contributed by atoms with Crippen LogP contribution in [-0.2, 0) is 6.42 Å². The number of nitrogens with zero attached hydrogens (tertiary/aromatic N) is 1. The zero-order valence-electron chi connectivity index (χ0n) is 11.8. The number of nitro groups is 1. The van der Waals surface area contributed by atoms with Gasteiger partial charge in [-0.2, -0.15) is 0 Å². The highest BCUT2D eigenvalue weighted by Gasteiger charge is 2.29. The highest BCUT2D eigenvalue weighted by atomic mass is 16.6. The Bertz CT molecular complexity index is 885. The minimum Gasteiger partial charge on any atom is -0.258 e. The van der Waals surface area contributed by atoms with E-state index in [4.69, 9.17) is 0 Å². The smallest absolute Gasteiger partial charge is 0.258 e. The molecule has 3 nitrogen and oxygen atoms in total. The molecule has 0 bridgehead atoms. The van der Waals surface area contributed by atoms with Crippen LogP contribution >= 0.6 is 0 Å². The molecule has 0 unspecified atom stereocenters. The average molecular weight is 287 g/mol. The lowest BCUT2D eigenvalue weighted by atomic mass is 9.96. The van der Waals surface area contributed by atoms with Gasteiger partial charge in [-0.3, -0.25) is 10.1 Å². The first-order valence-corrected chi connectivity index (χ1v) is 7.19. The SMILES string of the molecule is O=[N+]([O-])c1c(-c2ccccc2)ccc2c1Cc1ccccc1-2. The van der Waals surface area contributed by atoms with E-state index in [0.29, 0.717) is 12.0 Å². The largest absolute Gasteiger partial charge is 0.281 e. The Kier molecular flexibility index (Phi) is 2.79. The molecule has 0 N–H and O–H groups in total. The topological polar surface area (TPSA) is 43.1 Å². The monoisotopic (exact) mass is 287 g/mol. The Labute approximate surface area is 128 Å². The van der Waals surface area contributed by atoms with E-state index >= 15 is 0 Å². The molecule has 0 atom stereocenters. The number of nitro benzene ring substituents is 1. The molecule has 22 heavy (non-hydrogen) atoms. The first kappa shape index (κ1) is 12.8. The fourth-order valence-electron chi connectivity index (χ4n) is 3.25. The summed E-state index contributed by atoms with van der Waals surface area (Å²) >= 11 is 0. The summed E-state index contributed by atoms with van der Waals surface area (Å²) in [6.07, 6.45) is 0.627. The number of rotatable bonds is 2. The molecule has 4 rings (SSSR count). The fraction of sp³-hybridized carbons (Fsp3) is 0.0526. The van der Waals surface area contributed by atoms with E-state index in [2.05, 4.69) is 0 Å². The van der Waals surface area contributed by atoms with Gasteiger partial charge >= 0.3 is 0 Å². The van der Waals surface area contributed by atoms with Crippen molar-refractivity contribution in [2.24, 2.45) is 0 Å². The number of hydrogen-bond acceptors (Lipinski definition) is 2. The van der Waals surface area contributed by atoms with Crippen LogP contribution in [0.2, 0.25) is 0 Å². The standard InChI is InChI=1S/C19H13NO2/c21-20(22)19-16(13-6-2-1-3-7-13)10-11-17-15-9-5-4-8-14(15)12-18(17)19/h1-11H,12H2. The van der Waals surface area contributed by atoms with Gasteiger partial charge in [0, 0.05) is 12.0 Å². The summed E-state index contributed by atoms with van der Waals surface area (Å²) < 4.78 is 0. The number of benzene rings is 3. The number of hydrogen-bond donors (Lipinski definition) is 0. The zero-order valence-corrected chi connectivity index (χ0v) is 11.8. The molecule has 1 aliphatic rings. The van der Waals surface area contributed by atoms with Crippen molar-refractivity contribution in [3.63, 3.8) is 0 Å². The molecule has 0 fully saturated rings. The van der Waals surface area contributed by atoms with E-state index in [1.165, 1.54) is 0 Å². The van der Waals surface area contributed by atoms with Gasteiger partial charge < -0.3 is 0 Å². The van der Waals surface area contributed by atoms with Crippen molar-refractivity contribution in [3.05, 3.63) is 88.0 Å². The Morgan fingerprint density at radius 3 is 2.23 bits per heavy atom. The van der Waals surface area contributed by atoms with Crippen LogP contribution in [0, 0.1) is 10.1 Å². The second-order valence-corrected chi connectivity index (χ2v) is 5.44. The zero-order chi connectivity index (χ0) is 15.1. The van der Waals surface area contributed by atoms with Crippen molar-refractivity contribution in [2.45, 2.75) is 6.42 Å². The van der Waals surface area contributed by atoms with Gasteiger partial charge in [-0.05, 0) is 28.3 Å². The van der Waals surface area contributed by atoms with Crippen molar-refractivity contribution >= 4 is 5.69 Å². The van der Waals surface area contributed by atoms with Crippen LogP contribution in [0.3, 0.4) is 0 Å². The first-order valence-electron chi connectivity index (χ1n) is 7.19. The van der Waals surface area contributed by atoms with Crippen LogP contribution in [0.15, 0.2) is 66.7 Å². The molecule has 3 heteroatoms. The van der Waals surface area contributed by atoms with Crippen LogP contribution in [0.4, 0.5) is 5.69 Å². The van der Waals surface area contributed by atoms with Gasteiger partial charge in [0.05, 0.1) is 10.5 Å². The Balaban J connectivity index is 1.99. The summed E-state index contributed by atoms with van der Waals surface area (Å²) in [5, 5.41) is 11.7. The van der Waals surface area contributed by atoms with E-state index in [0.717, 1.165) is 27.8 Å². The van der Waals surface area contributed by atoms with E-state index in [-0.39, 0.29) is 10.6 Å². The Morgan fingerprint density at radius 1 is 0.773 bits per heavy atom. The molecule has 0 aliphatic heterocycles. The fourth-order valence-corrected chi connectivity index (χ4v) is 3.25. The van der Waals surface area contributed by atoms with Crippen molar-refractivity contribution in [1.82, 2.24) is 0 Å². The molecule has 0 amide bonds. The molecule has 0 heterocycles. The van der Waals surface area contributed by atoms with Crippen molar-refractivity contribution in [1.29, 1.82) is 0 Å². The highest BCUT2D eigenvalue weighted by molar-refractivity contribution is 5.87. The first-order chi connectivity index (χ1) is 10.8. The van der Waals surface area contributed by atoms with Crippen LogP contribution in [-0.4, -0.2) is 4.92 Å². The van der Waals surface area contributed by atoms with Gasteiger partial charge in [0.25, 0.3) is 5.69 Å². The van der Waals surface area contributed by atoms with Crippen molar-refractivity contribution in [2.75, 3.05) is 0 Å². The van der Waals surface area contributed by atoms with Gasteiger partial charge in [0.15, 0.2) is 0 Å². The van der Waals surface area contributed by atoms with Crippen LogP contribution in [0.5, 0.6) is 0 Å². The predicted molar refractivity (Wildman–Crippen MR) is 86.8 cm³/mol. The highest BCUT2D eigenvalue weighted by Crippen LogP contribution is 2.45. The average Bonchev–Trinajstić information content (AvgIpc) is 2.93. The summed E-state index contributed by atoms with van der Waals surface area (Å²) in [5.74, 6) is 0. The summed E-state index contributed by atoms with van der Waals surface area (Å²) in [5.41, 5.74) is 5.89. The molecule has 0 spiro atoms. The molecule has 3 aromatic rings. The summed E-state index contributed by atoms with van der Waals surface area (Å²) in [7, 11) is 0. The quantitative estimate of drug-likeness (QED) is 0.391. The van der Waals surface area contributed by atoms with Gasteiger partial charge in [0.2, 0.25) is 0 Å². The summed E-state index contributed by atoms with van der Waals surface area (Å²) in [4.78, 5) is 11.5. The lowest BCUT2D eigenvalue weighted by Crippen LogP contribution is -1.97. The lowest BCUT2D eigenvalue weighted by molar-refractivity contribution is -0.384. The molecule has 106 valence electrons. The van der Waals surface area contributed by atoms with E-state index < -0.39 is 0 Å². The molecular formula is C19H13NO2. The summed E-state index contributed by atoms with van der Waals surface area (Å²) in [6, 6.07) is 21.5. The molecule has 0 saturated heterocycles. The molecule has 0 aromatic heterocycles. The van der Waals surface area contributed by atoms with Gasteiger partial charge in [-0.25, -0.2) is 0 Å². The molecule has 0 radical (unpaired) electrons. The normalized spacial score (nSPS) is 11.8. The molecular weight excluding hydrogens is 274 g/mol. The van der Waals surface area contributed by atoms with Gasteiger partial charge in [-0.15, -0.1) is 0 Å². The Morgan fingerprint density at radius 2 is 1.45 bits per heavy atom. The van der Waals surface area contributed by atoms with Crippen LogP contribution < -0.4 is 0 Å². The van der Waals surface area contributed by atoms with Gasteiger partial charge in [-0.1, -0.05) is 60.7 Å². The second kappa shape index (κ2) is 4.81. The van der Waals surface area contributed by atoms with E-state index in [1.807, 2.05) is 66.7 Å². The third-order valence-corrected chi connectivity index (χ3v) is 4.22. The van der Waals surface area contributed by atoms with Crippen molar-refractivity contribution < 1.29 is 4.92 Å². The molecule has 3 aromatic carbocycles. The van der Waals surface area contributed by atoms with Crippen LogP contribution in [0.1, 0.15) is 11.1 Å². The molecule has 0 saturated carbocycles. The van der Waals surface area contributed by atoms with E-state index in [1.54, 1.807) is 0 Å². The molecule has 1 aliphatic carbocycles. The lowest BCUT2D eigenvalue weighted by Gasteiger charge is -2.08. The number of fused-ring (bicyclic) bond motifs is 3. The minimum absolute atomic E-state index is 0.236. The van der Waals surface area contributed by atoms with Crippen LogP contribution in [0.25, 0.3) is 22.3 Å². The predicted octanol–water partition coefficient (Wildman–Crippen LogP) is 4.83. The maximum absolute atomic E-state index is 11.7. The van der Waals surface area contributed by atoms with Crippen molar-refractivity contribution in [3.8, 4) is 22.3 Å². The second-order valence-electron chi connectivity index (χ2n) is 5.44. The minimum atomic E-state index is -0.243. The third-order valence-electron chi connectivity index (χ3n) is 4.22. The maximum Gasteiger partial charge on any atom is 0.281 e. The van der Waals surface area contributed by atoms with Gasteiger partial charge in [0.1, 0.15) is 0 Å². The summed E-state index contributed by atoms with van der Waals surface area (Å²) in [6.45, 7) is 0.